The summed E-state index contributed by atoms with van der Waals surface area (Å²) < 4.78 is 0. The predicted molar refractivity (Wildman–Crippen MR) is 61.8 cm³/mol. The maximum atomic E-state index is 4.16. The fourth-order valence-electron chi connectivity index (χ4n) is 1.25. The van der Waals surface area contributed by atoms with Crippen LogP contribution in [0.4, 0.5) is 11.4 Å². The number of anilines is 2. The molecule has 0 aliphatic carbocycles. The van der Waals surface area contributed by atoms with Crippen LogP contribution in [0.15, 0.2) is 18.5 Å². The predicted octanol–water partition coefficient (Wildman–Crippen LogP) is 2.73. The van der Waals surface area contributed by atoms with E-state index in [0.29, 0.717) is 0 Å². The monoisotopic (exact) mass is 193 g/mol. The number of hydrogen-bond acceptors (Lipinski definition) is 3. The van der Waals surface area contributed by atoms with E-state index in [0.717, 1.165) is 24.5 Å². The first-order valence-electron chi connectivity index (χ1n) is 5.29. The first-order valence-corrected chi connectivity index (χ1v) is 5.29. The summed E-state index contributed by atoms with van der Waals surface area (Å²) in [6, 6.07) is 2.09. The van der Waals surface area contributed by atoms with Crippen LogP contribution in [0, 0.1) is 0 Å². The fourth-order valence-corrected chi connectivity index (χ4v) is 1.25. The SMILES string of the molecule is CCCCNc1cncc(NCC)c1. The molecule has 0 radical (unpaired) electrons. The Morgan fingerprint density at radius 1 is 1.14 bits per heavy atom. The van der Waals surface area contributed by atoms with Gasteiger partial charge in [-0.05, 0) is 19.4 Å². The summed E-state index contributed by atoms with van der Waals surface area (Å²) in [4.78, 5) is 4.16. The first kappa shape index (κ1) is 10.8. The van der Waals surface area contributed by atoms with Crippen LogP contribution in [0.5, 0.6) is 0 Å². The Labute approximate surface area is 85.9 Å². The van der Waals surface area contributed by atoms with E-state index in [1.54, 1.807) is 0 Å². The lowest BCUT2D eigenvalue weighted by Crippen LogP contribution is -2.03. The normalized spacial score (nSPS) is 9.86. The molecule has 0 bridgehead atoms. The molecule has 1 aromatic heterocycles. The molecule has 2 N–H and O–H groups in total. The van der Waals surface area contributed by atoms with Crippen molar-refractivity contribution in [2.45, 2.75) is 26.7 Å². The molecule has 78 valence electrons. The van der Waals surface area contributed by atoms with Crippen molar-refractivity contribution in [2.24, 2.45) is 0 Å². The Balaban J connectivity index is 2.46. The van der Waals surface area contributed by atoms with Gasteiger partial charge >= 0.3 is 0 Å². The van der Waals surface area contributed by atoms with E-state index in [1.807, 2.05) is 12.4 Å². The summed E-state index contributed by atoms with van der Waals surface area (Å²) in [6.45, 7) is 6.22. The Kier molecular flexibility index (Phi) is 4.83. The maximum Gasteiger partial charge on any atom is 0.0547 e. The van der Waals surface area contributed by atoms with Gasteiger partial charge in [-0.2, -0.15) is 0 Å². The van der Waals surface area contributed by atoms with Crippen molar-refractivity contribution in [2.75, 3.05) is 23.7 Å². The van der Waals surface area contributed by atoms with Crippen LogP contribution in [0.25, 0.3) is 0 Å². The summed E-state index contributed by atoms with van der Waals surface area (Å²) in [5, 5.41) is 6.58. The second kappa shape index (κ2) is 6.24. The molecule has 0 amide bonds. The summed E-state index contributed by atoms with van der Waals surface area (Å²) in [7, 11) is 0. The molecule has 0 atom stereocenters. The lowest BCUT2D eigenvalue weighted by atomic mass is 10.3. The quantitative estimate of drug-likeness (QED) is 0.682. The van der Waals surface area contributed by atoms with Crippen LogP contribution in [-0.2, 0) is 0 Å². The van der Waals surface area contributed by atoms with E-state index in [2.05, 4.69) is 35.5 Å². The third-order valence-electron chi connectivity index (χ3n) is 1.98. The molecule has 0 aliphatic rings. The van der Waals surface area contributed by atoms with Gasteiger partial charge in [-0.25, -0.2) is 0 Å². The van der Waals surface area contributed by atoms with Gasteiger partial charge in [0.25, 0.3) is 0 Å². The molecule has 0 unspecified atom stereocenters. The van der Waals surface area contributed by atoms with Crippen molar-refractivity contribution in [3.05, 3.63) is 18.5 Å². The number of hydrogen-bond donors (Lipinski definition) is 2. The first-order chi connectivity index (χ1) is 6.86. The summed E-state index contributed by atoms with van der Waals surface area (Å²) in [5.41, 5.74) is 2.17. The molecule has 0 aromatic carbocycles. The zero-order valence-corrected chi connectivity index (χ0v) is 9.01. The number of aromatic nitrogens is 1. The Bertz CT molecular complexity index is 260. The van der Waals surface area contributed by atoms with Crippen molar-refractivity contribution in [1.82, 2.24) is 4.98 Å². The number of nitrogens with zero attached hydrogens (tertiary/aromatic N) is 1. The molecular weight excluding hydrogens is 174 g/mol. The summed E-state index contributed by atoms with van der Waals surface area (Å²) >= 11 is 0. The standard InChI is InChI=1S/C11H19N3/c1-3-5-6-14-11-7-10(13-4-2)8-12-9-11/h7-9,13-14H,3-6H2,1-2H3. The highest BCUT2D eigenvalue weighted by atomic mass is 14.9. The van der Waals surface area contributed by atoms with Gasteiger partial charge in [0.1, 0.15) is 0 Å². The second-order valence-electron chi connectivity index (χ2n) is 3.27. The molecule has 14 heavy (non-hydrogen) atoms. The minimum Gasteiger partial charge on any atom is -0.384 e. The zero-order valence-electron chi connectivity index (χ0n) is 9.01. The highest BCUT2D eigenvalue weighted by Gasteiger charge is 1.94. The van der Waals surface area contributed by atoms with Gasteiger partial charge in [-0.1, -0.05) is 13.3 Å². The lowest BCUT2D eigenvalue weighted by molar-refractivity contribution is 0.834. The number of rotatable bonds is 6. The van der Waals surface area contributed by atoms with E-state index in [-0.39, 0.29) is 0 Å². The molecule has 1 rings (SSSR count). The molecule has 0 saturated heterocycles. The minimum absolute atomic E-state index is 0.931. The van der Waals surface area contributed by atoms with Gasteiger partial charge in [-0.3, -0.25) is 4.98 Å². The van der Waals surface area contributed by atoms with Crippen LogP contribution in [0.1, 0.15) is 26.7 Å². The molecular formula is C11H19N3. The van der Waals surface area contributed by atoms with E-state index in [9.17, 15) is 0 Å². The Morgan fingerprint density at radius 3 is 2.50 bits per heavy atom. The van der Waals surface area contributed by atoms with Crippen LogP contribution in [0.3, 0.4) is 0 Å². The molecule has 0 aliphatic heterocycles. The van der Waals surface area contributed by atoms with E-state index < -0.39 is 0 Å². The average molecular weight is 193 g/mol. The van der Waals surface area contributed by atoms with Crippen LogP contribution in [0.2, 0.25) is 0 Å². The third kappa shape index (κ3) is 3.64. The molecule has 3 heteroatoms. The second-order valence-corrected chi connectivity index (χ2v) is 3.27. The topological polar surface area (TPSA) is 37.0 Å². The van der Waals surface area contributed by atoms with E-state index in [4.69, 9.17) is 0 Å². The van der Waals surface area contributed by atoms with Crippen molar-refractivity contribution in [3.8, 4) is 0 Å². The lowest BCUT2D eigenvalue weighted by Gasteiger charge is -2.07. The smallest absolute Gasteiger partial charge is 0.0547 e. The average Bonchev–Trinajstić information content (AvgIpc) is 2.19. The molecule has 0 saturated carbocycles. The van der Waals surface area contributed by atoms with E-state index >= 15 is 0 Å². The van der Waals surface area contributed by atoms with Crippen LogP contribution in [-0.4, -0.2) is 18.1 Å². The highest BCUT2D eigenvalue weighted by molar-refractivity contribution is 5.53. The van der Waals surface area contributed by atoms with Gasteiger partial charge in [-0.15, -0.1) is 0 Å². The number of unbranched alkanes of at least 4 members (excludes halogenated alkanes) is 1. The van der Waals surface area contributed by atoms with Crippen LogP contribution < -0.4 is 10.6 Å². The maximum absolute atomic E-state index is 4.16. The number of nitrogens with one attached hydrogen (secondary N) is 2. The highest BCUT2D eigenvalue weighted by Crippen LogP contribution is 2.12. The largest absolute Gasteiger partial charge is 0.384 e. The molecule has 1 aromatic rings. The molecule has 0 spiro atoms. The van der Waals surface area contributed by atoms with Gasteiger partial charge in [0.2, 0.25) is 0 Å². The van der Waals surface area contributed by atoms with E-state index in [1.165, 1.54) is 12.8 Å². The van der Waals surface area contributed by atoms with Gasteiger partial charge < -0.3 is 10.6 Å². The summed E-state index contributed by atoms with van der Waals surface area (Å²) in [6.07, 6.45) is 6.11. The molecule has 0 fully saturated rings. The van der Waals surface area contributed by atoms with Crippen molar-refractivity contribution < 1.29 is 0 Å². The van der Waals surface area contributed by atoms with Crippen molar-refractivity contribution in [1.29, 1.82) is 0 Å². The van der Waals surface area contributed by atoms with Crippen molar-refractivity contribution >= 4 is 11.4 Å². The Hall–Kier alpha value is -1.25. The van der Waals surface area contributed by atoms with Crippen molar-refractivity contribution in [3.63, 3.8) is 0 Å². The minimum atomic E-state index is 0.931. The van der Waals surface area contributed by atoms with Gasteiger partial charge in [0.15, 0.2) is 0 Å². The van der Waals surface area contributed by atoms with Gasteiger partial charge in [0.05, 0.1) is 23.8 Å². The fraction of sp³-hybridized carbons (Fsp3) is 0.545. The van der Waals surface area contributed by atoms with Gasteiger partial charge in [0, 0.05) is 13.1 Å². The summed E-state index contributed by atoms with van der Waals surface area (Å²) in [5.74, 6) is 0. The molecule has 1 heterocycles. The zero-order chi connectivity index (χ0) is 10.2. The third-order valence-corrected chi connectivity index (χ3v) is 1.98. The number of pyridine rings is 1. The van der Waals surface area contributed by atoms with Crippen LogP contribution >= 0.6 is 0 Å². The molecule has 3 nitrogen and oxygen atoms in total. The Morgan fingerprint density at radius 2 is 1.86 bits per heavy atom.